The molecule has 0 radical (unpaired) electrons. The first-order valence-electron chi connectivity index (χ1n) is 4.46. The Morgan fingerprint density at radius 1 is 1.25 bits per heavy atom. The molecule has 0 spiro atoms. The molecule has 0 bridgehead atoms. The Morgan fingerprint density at radius 2 is 1.83 bits per heavy atom. The van der Waals surface area contributed by atoms with Crippen molar-refractivity contribution in [3.8, 4) is 0 Å². The zero-order chi connectivity index (χ0) is 9.23. The lowest BCUT2D eigenvalue weighted by Crippen LogP contribution is -2.01. The Hall–Kier alpha value is -0.340. The van der Waals surface area contributed by atoms with Crippen LogP contribution in [0.4, 0.5) is 0 Å². The molecule has 12 heavy (non-hydrogen) atoms. The van der Waals surface area contributed by atoms with E-state index in [1.54, 1.807) is 11.3 Å². The van der Waals surface area contributed by atoms with Crippen molar-refractivity contribution < 1.29 is 5.11 Å². The van der Waals surface area contributed by atoms with Crippen molar-refractivity contribution in [1.82, 2.24) is 0 Å². The van der Waals surface area contributed by atoms with Crippen LogP contribution < -0.4 is 0 Å². The molecule has 0 aliphatic heterocycles. The largest absolute Gasteiger partial charge is 0.393 e. The van der Waals surface area contributed by atoms with E-state index in [-0.39, 0.29) is 6.10 Å². The Balaban J connectivity index is 0.000000211. The summed E-state index contributed by atoms with van der Waals surface area (Å²) in [5.41, 5.74) is 0. The molecular weight excluding hydrogens is 168 g/mol. The molecule has 1 heterocycles. The number of thiophene rings is 1. The van der Waals surface area contributed by atoms with E-state index in [4.69, 9.17) is 5.11 Å². The second-order valence-corrected chi connectivity index (χ2v) is 3.46. The lowest BCUT2D eigenvalue weighted by atomic mass is 10.2. The van der Waals surface area contributed by atoms with E-state index >= 15 is 0 Å². The summed E-state index contributed by atoms with van der Waals surface area (Å²) in [5, 5.41) is 12.9. The van der Waals surface area contributed by atoms with Gasteiger partial charge in [-0.05, 0) is 23.6 Å². The highest BCUT2D eigenvalue weighted by molar-refractivity contribution is 7.07. The normalized spacial score (nSPS) is 11.6. The minimum atomic E-state index is -0.0509. The molecule has 1 aromatic rings. The molecule has 1 atom stereocenters. The molecule has 1 rings (SSSR count). The molecular formula is C10H18OS. The second-order valence-electron chi connectivity index (χ2n) is 2.64. The van der Waals surface area contributed by atoms with E-state index in [0.717, 1.165) is 19.3 Å². The highest BCUT2D eigenvalue weighted by atomic mass is 32.1. The fraction of sp³-hybridized carbons (Fsp3) is 0.600. The van der Waals surface area contributed by atoms with Gasteiger partial charge < -0.3 is 5.11 Å². The van der Waals surface area contributed by atoms with Crippen LogP contribution in [0.1, 0.15) is 33.1 Å². The van der Waals surface area contributed by atoms with Gasteiger partial charge >= 0.3 is 0 Å². The van der Waals surface area contributed by atoms with Crippen LogP contribution in [0.2, 0.25) is 0 Å². The van der Waals surface area contributed by atoms with E-state index in [1.807, 2.05) is 29.8 Å². The maximum Gasteiger partial charge on any atom is 0.0537 e. The molecule has 1 N–H and O–H groups in total. The van der Waals surface area contributed by atoms with Crippen molar-refractivity contribution in [3.63, 3.8) is 0 Å². The van der Waals surface area contributed by atoms with Crippen LogP contribution in [0, 0.1) is 0 Å². The monoisotopic (exact) mass is 186 g/mol. The van der Waals surface area contributed by atoms with Gasteiger partial charge in [0.2, 0.25) is 0 Å². The zero-order valence-electron chi connectivity index (χ0n) is 7.86. The Labute approximate surface area is 79.1 Å². The summed E-state index contributed by atoms with van der Waals surface area (Å²) < 4.78 is 0. The van der Waals surface area contributed by atoms with E-state index < -0.39 is 0 Å². The van der Waals surface area contributed by atoms with Gasteiger partial charge in [0.25, 0.3) is 0 Å². The van der Waals surface area contributed by atoms with Crippen LogP contribution in [0.25, 0.3) is 0 Å². The topological polar surface area (TPSA) is 20.2 Å². The smallest absolute Gasteiger partial charge is 0.0537 e. The van der Waals surface area contributed by atoms with Crippen LogP contribution in [0.3, 0.4) is 0 Å². The van der Waals surface area contributed by atoms with Gasteiger partial charge in [-0.1, -0.05) is 32.4 Å². The number of rotatable bonds is 3. The van der Waals surface area contributed by atoms with Crippen LogP contribution in [0.5, 0.6) is 0 Å². The van der Waals surface area contributed by atoms with Crippen molar-refractivity contribution >= 4 is 11.3 Å². The van der Waals surface area contributed by atoms with Gasteiger partial charge in [0.1, 0.15) is 0 Å². The van der Waals surface area contributed by atoms with Gasteiger partial charge in [0.15, 0.2) is 0 Å². The van der Waals surface area contributed by atoms with Crippen LogP contribution >= 0.6 is 11.3 Å². The molecule has 1 nitrogen and oxygen atoms in total. The lowest BCUT2D eigenvalue weighted by molar-refractivity contribution is 0.159. The standard InChI is InChI=1S/C6H14O.C4H4S/c1-3-5-6(7)4-2;1-2-4-5-3-1/h6-7H,3-5H2,1-2H3;1-4H. The highest BCUT2D eigenvalue weighted by Crippen LogP contribution is 1.98. The summed E-state index contributed by atoms with van der Waals surface area (Å²) >= 11 is 1.71. The van der Waals surface area contributed by atoms with Gasteiger partial charge in [-0.2, -0.15) is 11.3 Å². The maximum atomic E-state index is 8.86. The van der Waals surface area contributed by atoms with Crippen molar-refractivity contribution in [2.24, 2.45) is 0 Å². The van der Waals surface area contributed by atoms with Crippen molar-refractivity contribution in [1.29, 1.82) is 0 Å². The molecule has 0 amide bonds. The molecule has 2 heteroatoms. The average Bonchev–Trinajstić information content (AvgIpc) is 2.62. The maximum absolute atomic E-state index is 8.86. The first kappa shape index (κ1) is 11.7. The van der Waals surface area contributed by atoms with Gasteiger partial charge in [-0.3, -0.25) is 0 Å². The molecule has 0 saturated carbocycles. The van der Waals surface area contributed by atoms with E-state index in [2.05, 4.69) is 6.92 Å². The summed E-state index contributed by atoms with van der Waals surface area (Å²) in [6.45, 7) is 4.08. The summed E-state index contributed by atoms with van der Waals surface area (Å²) in [7, 11) is 0. The third-order valence-corrected chi connectivity index (χ3v) is 2.15. The molecule has 1 aromatic heterocycles. The van der Waals surface area contributed by atoms with Crippen LogP contribution in [-0.4, -0.2) is 11.2 Å². The molecule has 0 aliphatic rings. The summed E-state index contributed by atoms with van der Waals surface area (Å²) in [6.07, 6.45) is 2.89. The van der Waals surface area contributed by atoms with Crippen molar-refractivity contribution in [2.45, 2.75) is 39.2 Å². The van der Waals surface area contributed by atoms with Crippen LogP contribution in [-0.2, 0) is 0 Å². The minimum Gasteiger partial charge on any atom is -0.393 e. The zero-order valence-corrected chi connectivity index (χ0v) is 8.68. The van der Waals surface area contributed by atoms with Gasteiger partial charge in [0.05, 0.1) is 6.10 Å². The number of aliphatic hydroxyl groups excluding tert-OH is 1. The summed E-state index contributed by atoms with van der Waals surface area (Å²) in [4.78, 5) is 0. The van der Waals surface area contributed by atoms with Crippen molar-refractivity contribution in [3.05, 3.63) is 22.9 Å². The van der Waals surface area contributed by atoms with E-state index in [0.29, 0.717) is 0 Å². The Kier molecular flexibility index (Phi) is 8.51. The SMILES string of the molecule is CCCC(O)CC.c1ccsc1. The fourth-order valence-electron chi connectivity index (χ4n) is 0.764. The van der Waals surface area contributed by atoms with E-state index in [1.165, 1.54) is 0 Å². The molecule has 0 fully saturated rings. The summed E-state index contributed by atoms with van der Waals surface area (Å²) in [6, 6.07) is 4.04. The van der Waals surface area contributed by atoms with Gasteiger partial charge in [-0.25, -0.2) is 0 Å². The number of hydrogen-bond donors (Lipinski definition) is 1. The molecule has 1 unspecified atom stereocenters. The van der Waals surface area contributed by atoms with Gasteiger partial charge in [-0.15, -0.1) is 0 Å². The predicted octanol–water partition coefficient (Wildman–Crippen LogP) is 3.31. The Morgan fingerprint density at radius 3 is 2.00 bits per heavy atom. The highest BCUT2D eigenvalue weighted by Gasteiger charge is 1.94. The van der Waals surface area contributed by atoms with Gasteiger partial charge in [0, 0.05) is 0 Å². The number of aliphatic hydroxyl groups is 1. The third kappa shape index (κ3) is 7.76. The van der Waals surface area contributed by atoms with E-state index in [9.17, 15) is 0 Å². The first-order chi connectivity index (χ1) is 5.81. The molecule has 0 aromatic carbocycles. The van der Waals surface area contributed by atoms with Crippen LogP contribution in [0.15, 0.2) is 22.9 Å². The molecule has 70 valence electrons. The first-order valence-corrected chi connectivity index (χ1v) is 5.40. The predicted molar refractivity (Wildman–Crippen MR) is 55.5 cm³/mol. The number of hydrogen-bond acceptors (Lipinski definition) is 2. The average molecular weight is 186 g/mol. The molecule has 0 aliphatic carbocycles. The quantitative estimate of drug-likeness (QED) is 0.768. The minimum absolute atomic E-state index is 0.0509. The third-order valence-electron chi connectivity index (χ3n) is 1.52. The fourth-order valence-corrected chi connectivity index (χ4v) is 1.22. The summed E-state index contributed by atoms with van der Waals surface area (Å²) in [5.74, 6) is 0. The van der Waals surface area contributed by atoms with Crippen molar-refractivity contribution in [2.75, 3.05) is 0 Å². The Bertz CT molecular complexity index is 132. The lowest BCUT2D eigenvalue weighted by Gasteiger charge is -2.01. The molecule has 0 saturated heterocycles. The second kappa shape index (κ2) is 8.75.